The summed E-state index contributed by atoms with van der Waals surface area (Å²) < 4.78 is 10.3. The molecule has 8 heteroatoms. The number of furan rings is 1. The summed E-state index contributed by atoms with van der Waals surface area (Å²) in [6, 6.07) is 7.78. The van der Waals surface area contributed by atoms with Crippen molar-refractivity contribution in [2.24, 2.45) is 0 Å². The van der Waals surface area contributed by atoms with Gasteiger partial charge in [-0.3, -0.25) is 19.7 Å². The summed E-state index contributed by atoms with van der Waals surface area (Å²) in [6.45, 7) is 1.26. The molecule has 124 valence electrons. The lowest BCUT2D eigenvalue weighted by molar-refractivity contribution is -0.384. The molecule has 0 saturated heterocycles. The van der Waals surface area contributed by atoms with Crippen LogP contribution in [0.5, 0.6) is 0 Å². The number of nitro benzene ring substituents is 1. The third-order valence-electron chi connectivity index (χ3n) is 3.20. The van der Waals surface area contributed by atoms with Crippen LogP contribution in [0.15, 0.2) is 40.8 Å². The van der Waals surface area contributed by atoms with E-state index >= 15 is 0 Å². The van der Waals surface area contributed by atoms with Gasteiger partial charge in [-0.05, 0) is 31.2 Å². The number of hydrogen-bond acceptors (Lipinski definition) is 7. The highest BCUT2D eigenvalue weighted by molar-refractivity contribution is 5.92. The maximum atomic E-state index is 12.1. The molecule has 1 heterocycles. The van der Waals surface area contributed by atoms with Gasteiger partial charge in [0.15, 0.2) is 23.9 Å². The average molecular weight is 331 g/mol. The Morgan fingerprint density at radius 2 is 1.92 bits per heavy atom. The van der Waals surface area contributed by atoms with E-state index in [4.69, 9.17) is 9.15 Å². The van der Waals surface area contributed by atoms with Gasteiger partial charge >= 0.3 is 5.97 Å². The first-order chi connectivity index (χ1) is 11.4. The van der Waals surface area contributed by atoms with E-state index in [9.17, 15) is 24.5 Å². The van der Waals surface area contributed by atoms with Crippen molar-refractivity contribution in [2.45, 2.75) is 19.4 Å². The van der Waals surface area contributed by atoms with Gasteiger partial charge in [0.05, 0.1) is 16.9 Å². The first-order valence-corrected chi connectivity index (χ1v) is 6.90. The van der Waals surface area contributed by atoms with Crippen LogP contribution in [0.2, 0.25) is 0 Å². The van der Waals surface area contributed by atoms with Crippen LogP contribution in [-0.2, 0) is 16.0 Å². The Labute approximate surface area is 136 Å². The van der Waals surface area contributed by atoms with Gasteiger partial charge in [0.2, 0.25) is 0 Å². The summed E-state index contributed by atoms with van der Waals surface area (Å²) in [5.41, 5.74) is -0.0773. The molecule has 24 heavy (non-hydrogen) atoms. The zero-order valence-electron chi connectivity index (χ0n) is 12.6. The van der Waals surface area contributed by atoms with Gasteiger partial charge in [0.1, 0.15) is 5.76 Å². The molecular formula is C16H13NO7. The predicted molar refractivity (Wildman–Crippen MR) is 80.8 cm³/mol. The van der Waals surface area contributed by atoms with Crippen molar-refractivity contribution in [3.63, 3.8) is 0 Å². The van der Waals surface area contributed by atoms with Crippen molar-refractivity contribution in [3.05, 3.63) is 63.6 Å². The highest BCUT2D eigenvalue weighted by atomic mass is 16.6. The van der Waals surface area contributed by atoms with Crippen molar-refractivity contribution < 1.29 is 28.5 Å². The Balaban J connectivity index is 2.08. The molecule has 0 amide bonds. The predicted octanol–water partition coefficient (Wildman–Crippen LogP) is 2.36. The largest absolute Gasteiger partial charge is 0.458 e. The van der Waals surface area contributed by atoms with Crippen LogP contribution in [0.1, 0.15) is 33.6 Å². The molecule has 0 fully saturated rings. The van der Waals surface area contributed by atoms with E-state index in [0.717, 1.165) is 0 Å². The van der Waals surface area contributed by atoms with Gasteiger partial charge < -0.3 is 9.15 Å². The van der Waals surface area contributed by atoms with Crippen molar-refractivity contribution in [1.82, 2.24) is 0 Å². The topological polar surface area (TPSA) is 117 Å². The minimum absolute atomic E-state index is 0.0120. The molecule has 0 aliphatic carbocycles. The third kappa shape index (κ3) is 4.13. The van der Waals surface area contributed by atoms with Crippen LogP contribution >= 0.6 is 0 Å². The highest BCUT2D eigenvalue weighted by Crippen LogP contribution is 2.15. The number of hydrogen-bond donors (Lipinski definition) is 0. The highest BCUT2D eigenvalue weighted by Gasteiger charge is 2.23. The molecule has 8 nitrogen and oxygen atoms in total. The summed E-state index contributed by atoms with van der Waals surface area (Å²) in [5.74, 6) is -0.746. The van der Waals surface area contributed by atoms with Crippen LogP contribution in [0, 0.1) is 10.1 Å². The number of nitro groups is 1. The van der Waals surface area contributed by atoms with E-state index in [-0.39, 0.29) is 23.4 Å². The van der Waals surface area contributed by atoms with Gasteiger partial charge in [0.25, 0.3) is 5.69 Å². The summed E-state index contributed by atoms with van der Waals surface area (Å²) >= 11 is 0. The molecule has 0 aliphatic heterocycles. The van der Waals surface area contributed by atoms with Crippen molar-refractivity contribution in [2.75, 3.05) is 0 Å². The molecule has 0 spiro atoms. The van der Waals surface area contributed by atoms with Gasteiger partial charge in [-0.15, -0.1) is 0 Å². The lowest BCUT2D eigenvalue weighted by Gasteiger charge is -2.14. The lowest BCUT2D eigenvalue weighted by Crippen LogP contribution is -2.27. The molecule has 0 radical (unpaired) electrons. The number of carbonyl (C=O) groups is 3. The number of Topliss-reactive ketones (excluding diaryl/α,β-unsaturated/α-hetero) is 1. The fraction of sp³-hybridized carbons (Fsp3) is 0.188. The molecule has 0 bridgehead atoms. The van der Waals surface area contributed by atoms with E-state index in [1.807, 2.05) is 0 Å². The third-order valence-corrected chi connectivity index (χ3v) is 3.20. The van der Waals surface area contributed by atoms with Crippen LogP contribution in [0.25, 0.3) is 0 Å². The fourth-order valence-corrected chi connectivity index (χ4v) is 1.94. The SMILES string of the molecule is CC(=O)C(Cc1ccc(C=O)o1)OC(=O)c1ccc([N+](=O)[O-])cc1. The molecule has 1 atom stereocenters. The second-order valence-corrected chi connectivity index (χ2v) is 4.93. The summed E-state index contributed by atoms with van der Waals surface area (Å²) in [4.78, 5) is 44.3. The average Bonchev–Trinajstić information content (AvgIpc) is 3.01. The molecule has 1 aromatic carbocycles. The summed E-state index contributed by atoms with van der Waals surface area (Å²) in [6.07, 6.45) is -0.574. The zero-order valence-corrected chi connectivity index (χ0v) is 12.6. The molecule has 0 N–H and O–H groups in total. The first-order valence-electron chi connectivity index (χ1n) is 6.90. The number of ketones is 1. The number of rotatable bonds is 7. The molecule has 2 rings (SSSR count). The number of carbonyl (C=O) groups excluding carboxylic acids is 3. The number of non-ortho nitro benzene ring substituents is 1. The van der Waals surface area contributed by atoms with Crippen LogP contribution in [-0.4, -0.2) is 29.1 Å². The maximum absolute atomic E-state index is 12.1. The maximum Gasteiger partial charge on any atom is 0.338 e. The van der Waals surface area contributed by atoms with E-state index < -0.39 is 22.8 Å². The molecule has 1 aromatic heterocycles. The van der Waals surface area contributed by atoms with Crippen molar-refractivity contribution in [1.29, 1.82) is 0 Å². The smallest absolute Gasteiger partial charge is 0.338 e. The quantitative estimate of drug-likeness (QED) is 0.331. The Bertz CT molecular complexity index is 776. The Morgan fingerprint density at radius 3 is 2.42 bits per heavy atom. The number of benzene rings is 1. The van der Waals surface area contributed by atoms with E-state index in [1.165, 1.54) is 43.3 Å². The van der Waals surface area contributed by atoms with Gasteiger partial charge in [-0.2, -0.15) is 0 Å². The number of ether oxygens (including phenoxy) is 1. The Hall–Kier alpha value is -3.29. The van der Waals surface area contributed by atoms with E-state index in [0.29, 0.717) is 12.0 Å². The monoisotopic (exact) mass is 331 g/mol. The molecule has 0 aliphatic rings. The Kier molecular flexibility index (Phi) is 5.20. The minimum Gasteiger partial charge on any atom is -0.458 e. The summed E-state index contributed by atoms with van der Waals surface area (Å²) in [5, 5.41) is 10.6. The fourth-order valence-electron chi connectivity index (χ4n) is 1.94. The first kappa shape index (κ1) is 17.1. The van der Waals surface area contributed by atoms with Crippen molar-refractivity contribution in [3.8, 4) is 0 Å². The second-order valence-electron chi connectivity index (χ2n) is 4.93. The molecular weight excluding hydrogens is 318 g/mol. The van der Waals surface area contributed by atoms with Crippen LogP contribution in [0.4, 0.5) is 5.69 Å². The second kappa shape index (κ2) is 7.32. The number of aldehydes is 1. The standard InChI is InChI=1S/C16H13NO7/c1-10(19)15(8-13-6-7-14(9-18)23-13)24-16(20)11-2-4-12(5-3-11)17(21)22/h2-7,9,15H,8H2,1H3. The van der Waals surface area contributed by atoms with Gasteiger partial charge in [-0.25, -0.2) is 4.79 Å². The van der Waals surface area contributed by atoms with E-state index in [2.05, 4.69) is 0 Å². The number of esters is 1. The minimum atomic E-state index is -1.08. The van der Waals surface area contributed by atoms with E-state index in [1.54, 1.807) is 0 Å². The Morgan fingerprint density at radius 1 is 1.25 bits per heavy atom. The summed E-state index contributed by atoms with van der Waals surface area (Å²) in [7, 11) is 0. The molecule has 2 aromatic rings. The number of nitrogens with zero attached hydrogens (tertiary/aromatic N) is 1. The van der Waals surface area contributed by atoms with Crippen LogP contribution < -0.4 is 0 Å². The normalized spacial score (nSPS) is 11.5. The van der Waals surface area contributed by atoms with Crippen LogP contribution in [0.3, 0.4) is 0 Å². The van der Waals surface area contributed by atoms with Gasteiger partial charge in [0, 0.05) is 12.1 Å². The molecule has 1 unspecified atom stereocenters. The zero-order chi connectivity index (χ0) is 17.7. The van der Waals surface area contributed by atoms with Gasteiger partial charge in [-0.1, -0.05) is 0 Å². The lowest BCUT2D eigenvalue weighted by atomic mass is 10.1. The molecule has 0 saturated carbocycles. The van der Waals surface area contributed by atoms with Crippen molar-refractivity contribution >= 4 is 23.7 Å².